The highest BCUT2D eigenvalue weighted by Gasteiger charge is 2.33. The summed E-state index contributed by atoms with van der Waals surface area (Å²) in [6, 6.07) is 1.69. The van der Waals surface area contributed by atoms with E-state index < -0.39 is 17.8 Å². The number of pyridine rings is 1. The molecule has 0 N–H and O–H groups in total. The maximum absolute atomic E-state index is 11.8. The van der Waals surface area contributed by atoms with Crippen LogP contribution in [-0.4, -0.2) is 27.8 Å². The van der Waals surface area contributed by atoms with Crippen LogP contribution in [0.25, 0.3) is 0 Å². The average molecular weight is 313 g/mol. The van der Waals surface area contributed by atoms with Crippen LogP contribution < -0.4 is 0 Å². The number of aromatic nitrogens is 1. The van der Waals surface area contributed by atoms with Crippen molar-refractivity contribution in [3.8, 4) is 0 Å². The Morgan fingerprint density at radius 1 is 1.39 bits per heavy atom. The summed E-state index contributed by atoms with van der Waals surface area (Å²) in [7, 11) is 0. The van der Waals surface area contributed by atoms with Crippen molar-refractivity contribution < 1.29 is 19.2 Å². The van der Waals surface area contributed by atoms with Crippen LogP contribution in [0, 0.1) is 6.92 Å². The number of aryl methyl sites for hydroxylation is 1. The predicted molar refractivity (Wildman–Crippen MR) is 63.2 cm³/mol. The van der Waals surface area contributed by atoms with Crippen molar-refractivity contribution in [3.05, 3.63) is 28.0 Å². The third-order valence-corrected chi connectivity index (χ3v) is 2.85. The van der Waals surface area contributed by atoms with Crippen LogP contribution in [0.4, 0.5) is 0 Å². The number of hydrogen-bond acceptors (Lipinski definition) is 5. The van der Waals surface area contributed by atoms with Gasteiger partial charge in [0.05, 0.1) is 0 Å². The number of carbonyl (C=O) groups is 3. The zero-order chi connectivity index (χ0) is 13.3. The number of imide groups is 1. The predicted octanol–water partition coefficient (Wildman–Crippen LogP) is 1.37. The topological polar surface area (TPSA) is 76.6 Å². The Morgan fingerprint density at radius 2 is 2.00 bits per heavy atom. The van der Waals surface area contributed by atoms with Crippen LogP contribution in [0.15, 0.2) is 16.7 Å². The number of halogens is 1. The van der Waals surface area contributed by atoms with Gasteiger partial charge in [0, 0.05) is 23.5 Å². The summed E-state index contributed by atoms with van der Waals surface area (Å²) in [5.41, 5.74) is 0.666. The molecular formula is C11H9BrN2O4. The molecule has 0 saturated carbocycles. The van der Waals surface area contributed by atoms with Gasteiger partial charge in [-0.05, 0) is 34.5 Å². The number of nitrogens with zero attached hydrogens (tertiary/aromatic N) is 2. The normalized spacial score (nSPS) is 15.1. The van der Waals surface area contributed by atoms with Crippen LogP contribution in [0.2, 0.25) is 0 Å². The monoisotopic (exact) mass is 312 g/mol. The van der Waals surface area contributed by atoms with Gasteiger partial charge in [0.2, 0.25) is 0 Å². The van der Waals surface area contributed by atoms with Crippen LogP contribution in [-0.2, 0) is 14.4 Å². The van der Waals surface area contributed by atoms with Gasteiger partial charge >= 0.3 is 5.97 Å². The fourth-order valence-electron chi connectivity index (χ4n) is 1.54. The maximum atomic E-state index is 11.8. The molecule has 2 amide bonds. The molecule has 94 valence electrons. The number of rotatable bonds is 2. The summed E-state index contributed by atoms with van der Waals surface area (Å²) >= 11 is 3.22. The first kappa shape index (κ1) is 12.7. The molecule has 0 radical (unpaired) electrons. The minimum absolute atomic E-state index is 0.0683. The summed E-state index contributed by atoms with van der Waals surface area (Å²) in [6.07, 6.45) is 1.58. The van der Waals surface area contributed by atoms with Crippen LogP contribution in [0.1, 0.15) is 28.9 Å². The first-order valence-corrected chi connectivity index (χ1v) is 5.98. The number of amides is 2. The molecule has 2 heterocycles. The van der Waals surface area contributed by atoms with E-state index in [1.165, 1.54) is 6.20 Å². The third kappa shape index (κ3) is 2.40. The van der Waals surface area contributed by atoms with Crippen LogP contribution >= 0.6 is 15.9 Å². The molecule has 0 aromatic carbocycles. The van der Waals surface area contributed by atoms with Crippen LogP contribution in [0.5, 0.6) is 0 Å². The van der Waals surface area contributed by atoms with Gasteiger partial charge in [0.15, 0.2) is 5.69 Å². The van der Waals surface area contributed by atoms with E-state index in [9.17, 15) is 14.4 Å². The quantitative estimate of drug-likeness (QED) is 0.771. The van der Waals surface area contributed by atoms with Crippen molar-refractivity contribution in [1.82, 2.24) is 10.0 Å². The highest BCUT2D eigenvalue weighted by molar-refractivity contribution is 9.10. The summed E-state index contributed by atoms with van der Waals surface area (Å²) in [5, 5.41) is 0.505. The largest absolute Gasteiger partial charge is 0.382 e. The molecule has 1 fully saturated rings. The van der Waals surface area contributed by atoms with Crippen molar-refractivity contribution in [2.24, 2.45) is 0 Å². The zero-order valence-corrected chi connectivity index (χ0v) is 11.1. The highest BCUT2D eigenvalue weighted by atomic mass is 79.9. The molecule has 2 rings (SSSR count). The minimum Gasteiger partial charge on any atom is -0.323 e. The van der Waals surface area contributed by atoms with E-state index in [1.807, 2.05) is 0 Å². The van der Waals surface area contributed by atoms with E-state index in [4.69, 9.17) is 4.84 Å². The number of carbonyl (C=O) groups excluding carboxylic acids is 3. The fourth-order valence-corrected chi connectivity index (χ4v) is 1.98. The van der Waals surface area contributed by atoms with Crippen molar-refractivity contribution >= 4 is 33.7 Å². The van der Waals surface area contributed by atoms with E-state index in [1.54, 1.807) is 13.0 Å². The third-order valence-electron chi connectivity index (χ3n) is 2.42. The lowest BCUT2D eigenvalue weighted by Gasteiger charge is -2.12. The number of hydrogen-bond donors (Lipinski definition) is 0. The van der Waals surface area contributed by atoms with Crippen molar-refractivity contribution in [1.29, 1.82) is 0 Å². The number of hydroxylamine groups is 2. The molecule has 6 nitrogen and oxygen atoms in total. The lowest BCUT2D eigenvalue weighted by atomic mass is 10.2. The van der Waals surface area contributed by atoms with Crippen molar-refractivity contribution in [2.45, 2.75) is 19.8 Å². The Kier molecular flexibility index (Phi) is 3.42. The molecule has 0 atom stereocenters. The maximum Gasteiger partial charge on any atom is 0.382 e. The van der Waals surface area contributed by atoms with Gasteiger partial charge in [-0.2, -0.15) is 0 Å². The summed E-state index contributed by atoms with van der Waals surface area (Å²) in [6.45, 7) is 1.68. The lowest BCUT2D eigenvalue weighted by molar-refractivity contribution is -0.172. The Balaban J connectivity index is 2.17. The second kappa shape index (κ2) is 4.85. The Morgan fingerprint density at radius 3 is 2.56 bits per heavy atom. The molecule has 1 aromatic heterocycles. The van der Waals surface area contributed by atoms with Gasteiger partial charge in [0.25, 0.3) is 11.8 Å². The molecule has 0 spiro atoms. The molecule has 1 aliphatic heterocycles. The molecule has 0 aliphatic carbocycles. The molecule has 18 heavy (non-hydrogen) atoms. The standard InChI is InChI=1S/C11H9BrN2O4/c1-6-4-7(12)5-13-10(6)11(17)18-14-8(15)2-3-9(14)16/h4-5H,2-3H2,1H3. The summed E-state index contributed by atoms with van der Waals surface area (Å²) in [4.78, 5) is 43.0. The first-order chi connectivity index (χ1) is 8.49. The van der Waals surface area contributed by atoms with Gasteiger partial charge in [-0.25, -0.2) is 9.78 Å². The average Bonchev–Trinajstić information content (AvgIpc) is 2.60. The molecule has 0 unspecified atom stereocenters. The molecule has 0 bridgehead atoms. The summed E-state index contributed by atoms with van der Waals surface area (Å²) < 4.78 is 0.727. The highest BCUT2D eigenvalue weighted by Crippen LogP contribution is 2.17. The molecular weight excluding hydrogens is 304 g/mol. The Labute approximate surface area is 111 Å². The lowest BCUT2D eigenvalue weighted by Crippen LogP contribution is -2.32. The first-order valence-electron chi connectivity index (χ1n) is 5.19. The fraction of sp³-hybridized carbons (Fsp3) is 0.273. The van der Waals surface area contributed by atoms with E-state index in [-0.39, 0.29) is 18.5 Å². The van der Waals surface area contributed by atoms with Crippen LogP contribution in [0.3, 0.4) is 0 Å². The molecule has 1 aliphatic rings. The smallest absolute Gasteiger partial charge is 0.323 e. The Bertz CT molecular complexity index is 528. The molecule has 1 saturated heterocycles. The minimum atomic E-state index is -0.816. The van der Waals surface area contributed by atoms with Gasteiger partial charge in [-0.3, -0.25) is 9.59 Å². The van der Waals surface area contributed by atoms with Gasteiger partial charge in [-0.15, -0.1) is 5.06 Å². The second-order valence-corrected chi connectivity index (χ2v) is 4.70. The zero-order valence-electron chi connectivity index (χ0n) is 9.47. The van der Waals surface area contributed by atoms with E-state index >= 15 is 0 Å². The second-order valence-electron chi connectivity index (χ2n) is 3.78. The van der Waals surface area contributed by atoms with Gasteiger partial charge in [0.1, 0.15) is 0 Å². The van der Waals surface area contributed by atoms with E-state index in [2.05, 4.69) is 20.9 Å². The van der Waals surface area contributed by atoms with Gasteiger partial charge in [-0.1, -0.05) is 0 Å². The Hall–Kier alpha value is -1.76. The van der Waals surface area contributed by atoms with E-state index in [0.717, 1.165) is 4.47 Å². The molecule has 7 heteroatoms. The summed E-state index contributed by atoms with van der Waals surface area (Å²) in [5.74, 6) is -1.84. The van der Waals surface area contributed by atoms with E-state index in [0.29, 0.717) is 10.6 Å². The SMILES string of the molecule is Cc1cc(Br)cnc1C(=O)ON1C(=O)CCC1=O. The molecule has 1 aromatic rings. The van der Waals surface area contributed by atoms with Crippen molar-refractivity contribution in [3.63, 3.8) is 0 Å². The van der Waals surface area contributed by atoms with Gasteiger partial charge < -0.3 is 4.84 Å². The van der Waals surface area contributed by atoms with Crippen molar-refractivity contribution in [2.75, 3.05) is 0 Å².